The van der Waals surface area contributed by atoms with Crippen LogP contribution in [0.5, 0.6) is 0 Å². The molecule has 0 amide bonds. The normalized spacial score (nSPS) is 16.2. The molecule has 0 heterocycles. The van der Waals surface area contributed by atoms with Crippen LogP contribution in [0.3, 0.4) is 0 Å². The fourth-order valence-electron chi connectivity index (χ4n) is 1.36. The minimum Gasteiger partial charge on any atom is -0.307 e. The van der Waals surface area contributed by atoms with Crippen LogP contribution in [-0.4, -0.2) is 18.6 Å². The second-order valence-corrected chi connectivity index (χ2v) is 9.27. The van der Waals surface area contributed by atoms with Crippen molar-refractivity contribution in [3.8, 4) is 0 Å². The Morgan fingerprint density at radius 3 is 2.74 bits per heavy atom. The molecule has 4 nitrogen and oxygen atoms in total. The number of nitrogens with one attached hydrogen (secondary N) is 2. The zero-order valence-corrected chi connectivity index (χ0v) is 13.6. The molecule has 0 aliphatic rings. The van der Waals surface area contributed by atoms with Gasteiger partial charge in [0.2, 0.25) is 0 Å². The predicted molar refractivity (Wildman–Crippen MR) is 86.5 cm³/mol. The van der Waals surface area contributed by atoms with E-state index in [-0.39, 0.29) is 0 Å². The van der Waals surface area contributed by atoms with Crippen molar-refractivity contribution in [1.82, 2.24) is 10.2 Å². The van der Waals surface area contributed by atoms with Crippen molar-refractivity contribution < 1.29 is 4.57 Å². The summed E-state index contributed by atoms with van der Waals surface area (Å²) in [5.41, 5.74) is 1.97. The van der Waals surface area contributed by atoms with Crippen LogP contribution in [0.25, 0.3) is 0 Å². The van der Waals surface area contributed by atoms with E-state index in [0.29, 0.717) is 5.25 Å². The highest BCUT2D eigenvalue weighted by atomic mass is 32.7. The van der Waals surface area contributed by atoms with Crippen molar-refractivity contribution in [1.29, 1.82) is 0 Å². The first-order valence-electron chi connectivity index (χ1n) is 6.34. The maximum atomic E-state index is 12.5. The van der Waals surface area contributed by atoms with Crippen LogP contribution in [0.4, 0.5) is 5.69 Å². The number of aryl methyl sites for hydroxylation is 1. The molecule has 6 heteroatoms. The quantitative estimate of drug-likeness (QED) is 0.452. The summed E-state index contributed by atoms with van der Waals surface area (Å²) in [7, 11) is 1.70. The summed E-state index contributed by atoms with van der Waals surface area (Å²) in [4.78, 5) is 4.31. The maximum absolute atomic E-state index is 12.5. The molecule has 19 heavy (non-hydrogen) atoms. The molecule has 1 aromatic carbocycles. The fraction of sp³-hybridized carbons (Fsp3) is 0.462. The summed E-state index contributed by atoms with van der Waals surface area (Å²) in [6, 6.07) is 7.84. The van der Waals surface area contributed by atoms with E-state index in [0.717, 1.165) is 17.7 Å². The van der Waals surface area contributed by atoms with Gasteiger partial charge in [-0.25, -0.2) is 10.1 Å². The van der Waals surface area contributed by atoms with Gasteiger partial charge in [-0.05, 0) is 32.0 Å². The Bertz CT molecular complexity index is 479. The topological polar surface area (TPSA) is 53.5 Å². The van der Waals surface area contributed by atoms with Crippen molar-refractivity contribution in [3.05, 3.63) is 29.8 Å². The van der Waals surface area contributed by atoms with Gasteiger partial charge in [-0.3, -0.25) is 4.57 Å². The van der Waals surface area contributed by atoms with Crippen LogP contribution in [0.1, 0.15) is 25.8 Å². The second-order valence-electron chi connectivity index (χ2n) is 4.27. The van der Waals surface area contributed by atoms with Crippen LogP contribution in [-0.2, 0) is 4.57 Å². The third kappa shape index (κ3) is 5.39. The van der Waals surface area contributed by atoms with E-state index in [2.05, 4.69) is 29.0 Å². The van der Waals surface area contributed by atoms with Crippen molar-refractivity contribution in [2.75, 3.05) is 7.05 Å². The van der Waals surface area contributed by atoms with E-state index in [1.54, 1.807) is 7.05 Å². The molecule has 0 radical (unpaired) electrons. The average molecular weight is 299 g/mol. The summed E-state index contributed by atoms with van der Waals surface area (Å²) in [5, 5.41) is 6.09. The first kappa shape index (κ1) is 16.3. The predicted octanol–water partition coefficient (Wildman–Crippen LogP) is 4.10. The number of hydrogen-bond donors (Lipinski definition) is 2. The van der Waals surface area contributed by atoms with Gasteiger partial charge in [-0.1, -0.05) is 43.4 Å². The van der Waals surface area contributed by atoms with Gasteiger partial charge in [-0.2, -0.15) is 0 Å². The van der Waals surface area contributed by atoms with E-state index in [1.807, 2.05) is 31.2 Å². The molecule has 0 aliphatic heterocycles. The number of nitrogens with zero attached hydrogens (tertiary/aromatic N) is 1. The van der Waals surface area contributed by atoms with Gasteiger partial charge in [0.1, 0.15) is 0 Å². The molecule has 0 saturated carbocycles. The van der Waals surface area contributed by atoms with Gasteiger partial charge in [0.25, 0.3) is 6.65 Å². The number of rotatable bonds is 7. The lowest BCUT2D eigenvalue weighted by atomic mass is 10.2. The Kier molecular flexibility index (Phi) is 6.63. The third-order valence-electron chi connectivity index (χ3n) is 2.74. The smallest absolute Gasteiger partial charge is 0.290 e. The molecular formula is C13H22N3OPS. The molecule has 0 aromatic heterocycles. The second kappa shape index (κ2) is 7.73. The Morgan fingerprint density at radius 2 is 2.16 bits per heavy atom. The van der Waals surface area contributed by atoms with E-state index in [4.69, 9.17) is 0 Å². The van der Waals surface area contributed by atoms with Crippen molar-refractivity contribution >= 4 is 30.1 Å². The number of para-hydroxylation sites is 1. The van der Waals surface area contributed by atoms with Gasteiger partial charge >= 0.3 is 0 Å². The Balaban J connectivity index is 2.68. The zero-order valence-electron chi connectivity index (χ0n) is 11.9. The van der Waals surface area contributed by atoms with Gasteiger partial charge in [0, 0.05) is 5.25 Å². The molecule has 2 N–H and O–H groups in total. The molecule has 2 atom stereocenters. The molecule has 1 rings (SSSR count). The van der Waals surface area contributed by atoms with Crippen molar-refractivity contribution in [2.24, 2.45) is 4.99 Å². The first-order valence-corrected chi connectivity index (χ1v) is 9.53. The summed E-state index contributed by atoms with van der Waals surface area (Å²) in [6.07, 6.45) is 2.50. The highest BCUT2D eigenvalue weighted by Gasteiger charge is 2.21. The zero-order chi connectivity index (χ0) is 14.3. The summed E-state index contributed by atoms with van der Waals surface area (Å²) in [6.45, 7) is 3.49. The highest BCUT2D eigenvalue weighted by Crippen LogP contribution is 2.52. The first-order chi connectivity index (χ1) is 9.00. The highest BCUT2D eigenvalue weighted by molar-refractivity contribution is 8.57. The molecule has 1 aromatic rings. The Hall–Kier alpha value is -0.770. The standard InChI is InChI=1S/C13H22N3OPS/c1-5-12(3)19-18(17,14-4)16-10-15-13-9-7-6-8-11(13)2/h6-10,12H,5H2,1-4H3,(H2,14,15,16,17). The van der Waals surface area contributed by atoms with Crippen molar-refractivity contribution in [3.63, 3.8) is 0 Å². The lowest BCUT2D eigenvalue weighted by molar-refractivity contribution is 0.577. The van der Waals surface area contributed by atoms with Crippen molar-refractivity contribution in [2.45, 2.75) is 32.4 Å². The molecular weight excluding hydrogens is 277 g/mol. The number of aliphatic imine (C=N–C) groups is 1. The molecule has 2 unspecified atom stereocenters. The minimum absolute atomic E-state index is 0.331. The number of benzene rings is 1. The molecule has 0 bridgehead atoms. The molecule has 0 saturated heterocycles. The largest absolute Gasteiger partial charge is 0.307 e. The van der Waals surface area contributed by atoms with Gasteiger partial charge < -0.3 is 5.09 Å². The van der Waals surface area contributed by atoms with Gasteiger partial charge in [0.05, 0.1) is 12.0 Å². The van der Waals surface area contributed by atoms with Gasteiger partial charge in [-0.15, -0.1) is 0 Å². The summed E-state index contributed by atoms with van der Waals surface area (Å²) < 4.78 is 12.5. The molecule has 106 valence electrons. The number of hydrogen-bond acceptors (Lipinski definition) is 3. The lowest BCUT2D eigenvalue weighted by Crippen LogP contribution is -2.17. The van der Waals surface area contributed by atoms with E-state index in [1.165, 1.54) is 17.7 Å². The Labute approximate surface area is 119 Å². The third-order valence-corrected chi connectivity index (χ3v) is 7.61. The average Bonchev–Trinajstić information content (AvgIpc) is 2.41. The monoisotopic (exact) mass is 299 g/mol. The maximum Gasteiger partial charge on any atom is 0.290 e. The fourth-order valence-corrected chi connectivity index (χ4v) is 5.13. The van der Waals surface area contributed by atoms with Crippen LogP contribution in [0.15, 0.2) is 29.3 Å². The van der Waals surface area contributed by atoms with E-state index in [9.17, 15) is 4.57 Å². The summed E-state index contributed by atoms with van der Waals surface area (Å²) >= 11 is 1.43. The van der Waals surface area contributed by atoms with E-state index < -0.39 is 6.65 Å². The molecule has 0 fully saturated rings. The molecule has 0 aliphatic carbocycles. The van der Waals surface area contributed by atoms with Gasteiger partial charge in [0.15, 0.2) is 0 Å². The van der Waals surface area contributed by atoms with Crippen LogP contribution in [0.2, 0.25) is 0 Å². The van der Waals surface area contributed by atoms with E-state index >= 15 is 0 Å². The molecule has 0 spiro atoms. The SMILES string of the molecule is CCC(C)SP(=O)(NC)NC=Nc1ccccc1C. The van der Waals surface area contributed by atoms with Crippen LogP contribution < -0.4 is 10.2 Å². The minimum atomic E-state index is -2.66. The lowest BCUT2D eigenvalue weighted by Gasteiger charge is -2.19. The Morgan fingerprint density at radius 1 is 1.47 bits per heavy atom. The van der Waals surface area contributed by atoms with Crippen LogP contribution >= 0.6 is 18.0 Å². The summed E-state index contributed by atoms with van der Waals surface area (Å²) in [5.74, 6) is 0. The van der Waals surface area contributed by atoms with Crippen LogP contribution in [0, 0.1) is 6.92 Å².